The molecule has 0 aliphatic carbocycles. The summed E-state index contributed by atoms with van der Waals surface area (Å²) in [5.74, 6) is -1.06. The van der Waals surface area contributed by atoms with Gasteiger partial charge in [0.25, 0.3) is 0 Å². The van der Waals surface area contributed by atoms with Crippen molar-refractivity contribution in [3.8, 4) is 0 Å². The SMILES string of the molecule is CC(C)[C@H]1OC(=O)N(Cc2ccccc2)[C@@H]1C(=O)O. The standard InChI is InChI=1S/C14H17NO4/c1-9(2)12-11(13(16)17)15(14(18)19-12)8-10-6-4-3-5-7-10/h3-7,9,11-12H,8H2,1-2H3,(H,16,17)/t11-,12+/m0/s1. The third-order valence-electron chi connectivity index (χ3n) is 3.22. The smallest absolute Gasteiger partial charge is 0.411 e. The van der Waals surface area contributed by atoms with E-state index in [1.54, 1.807) is 0 Å². The summed E-state index contributed by atoms with van der Waals surface area (Å²) in [6, 6.07) is 8.37. The van der Waals surface area contributed by atoms with Crippen molar-refractivity contribution in [2.45, 2.75) is 32.5 Å². The van der Waals surface area contributed by atoms with Gasteiger partial charge in [0.1, 0.15) is 6.10 Å². The molecule has 0 spiro atoms. The maximum atomic E-state index is 11.8. The number of cyclic esters (lactones) is 1. The number of aliphatic carboxylic acids is 1. The van der Waals surface area contributed by atoms with Gasteiger partial charge >= 0.3 is 12.1 Å². The molecule has 1 aliphatic rings. The summed E-state index contributed by atoms with van der Waals surface area (Å²) in [5, 5.41) is 9.32. The van der Waals surface area contributed by atoms with Crippen molar-refractivity contribution in [3.05, 3.63) is 35.9 Å². The minimum absolute atomic E-state index is 0.0363. The molecule has 1 aromatic carbocycles. The predicted octanol–water partition coefficient (Wildman–Crippen LogP) is 2.12. The number of hydrogen-bond acceptors (Lipinski definition) is 3. The highest BCUT2D eigenvalue weighted by atomic mass is 16.6. The lowest BCUT2D eigenvalue weighted by molar-refractivity contribution is -0.143. The second kappa shape index (κ2) is 5.30. The highest BCUT2D eigenvalue weighted by molar-refractivity contribution is 5.83. The first-order valence-corrected chi connectivity index (χ1v) is 6.24. The first kappa shape index (κ1) is 13.4. The van der Waals surface area contributed by atoms with E-state index in [0.717, 1.165) is 5.56 Å². The van der Waals surface area contributed by atoms with Gasteiger partial charge in [0, 0.05) is 0 Å². The molecule has 19 heavy (non-hydrogen) atoms. The monoisotopic (exact) mass is 263 g/mol. The van der Waals surface area contributed by atoms with E-state index in [2.05, 4.69) is 0 Å². The average molecular weight is 263 g/mol. The normalized spacial score (nSPS) is 22.7. The van der Waals surface area contributed by atoms with E-state index in [0.29, 0.717) is 0 Å². The molecule has 0 bridgehead atoms. The number of benzene rings is 1. The Morgan fingerprint density at radius 3 is 2.53 bits per heavy atom. The zero-order valence-corrected chi connectivity index (χ0v) is 10.9. The number of hydrogen-bond donors (Lipinski definition) is 1. The van der Waals surface area contributed by atoms with Crippen LogP contribution >= 0.6 is 0 Å². The summed E-state index contributed by atoms with van der Waals surface area (Å²) < 4.78 is 5.19. The second-order valence-corrected chi connectivity index (χ2v) is 4.99. The minimum atomic E-state index is -1.03. The molecule has 5 heteroatoms. The molecule has 2 atom stereocenters. The molecule has 102 valence electrons. The third-order valence-corrected chi connectivity index (χ3v) is 3.22. The fraction of sp³-hybridized carbons (Fsp3) is 0.429. The van der Waals surface area contributed by atoms with Crippen LogP contribution in [0.2, 0.25) is 0 Å². The Balaban J connectivity index is 2.22. The van der Waals surface area contributed by atoms with Crippen molar-refractivity contribution in [1.82, 2.24) is 4.90 Å². The molecule has 0 unspecified atom stereocenters. The van der Waals surface area contributed by atoms with Crippen LogP contribution in [0.1, 0.15) is 19.4 Å². The van der Waals surface area contributed by atoms with Gasteiger partial charge in [-0.25, -0.2) is 9.59 Å². The van der Waals surface area contributed by atoms with Gasteiger partial charge in [0.05, 0.1) is 6.54 Å². The van der Waals surface area contributed by atoms with Crippen LogP contribution in [0.4, 0.5) is 4.79 Å². The van der Waals surface area contributed by atoms with E-state index in [4.69, 9.17) is 4.74 Å². The molecule has 0 aromatic heterocycles. The maximum Gasteiger partial charge on any atom is 0.411 e. The number of carbonyl (C=O) groups is 2. The molecule has 1 saturated heterocycles. The lowest BCUT2D eigenvalue weighted by Crippen LogP contribution is -2.44. The largest absolute Gasteiger partial charge is 0.480 e. The van der Waals surface area contributed by atoms with Gasteiger partial charge in [0.15, 0.2) is 6.04 Å². The van der Waals surface area contributed by atoms with Crippen molar-refractivity contribution in [2.24, 2.45) is 5.92 Å². The molecule has 1 aliphatic heterocycles. The molecule has 1 aromatic rings. The van der Waals surface area contributed by atoms with E-state index >= 15 is 0 Å². The van der Waals surface area contributed by atoms with Crippen LogP contribution in [0.3, 0.4) is 0 Å². The Morgan fingerprint density at radius 2 is 2.00 bits per heavy atom. The zero-order chi connectivity index (χ0) is 14.0. The molecule has 2 rings (SSSR count). The predicted molar refractivity (Wildman–Crippen MR) is 68.5 cm³/mol. The van der Waals surface area contributed by atoms with Crippen molar-refractivity contribution < 1.29 is 19.4 Å². The molecule has 0 radical (unpaired) electrons. The van der Waals surface area contributed by atoms with E-state index in [1.165, 1.54) is 4.90 Å². The maximum absolute atomic E-state index is 11.8. The van der Waals surface area contributed by atoms with E-state index in [-0.39, 0.29) is 12.5 Å². The van der Waals surface area contributed by atoms with Crippen LogP contribution in [0.25, 0.3) is 0 Å². The highest BCUT2D eigenvalue weighted by Crippen LogP contribution is 2.27. The summed E-state index contributed by atoms with van der Waals surface area (Å²) in [5.41, 5.74) is 0.884. The lowest BCUT2D eigenvalue weighted by atomic mass is 9.99. The Bertz CT molecular complexity index is 472. The van der Waals surface area contributed by atoms with Gasteiger partial charge in [-0.1, -0.05) is 44.2 Å². The molecule has 1 N–H and O–H groups in total. The number of carbonyl (C=O) groups excluding carboxylic acids is 1. The molecule has 0 saturated carbocycles. The van der Waals surface area contributed by atoms with Gasteiger partial charge in [-0.3, -0.25) is 4.90 Å². The van der Waals surface area contributed by atoms with Crippen molar-refractivity contribution in [3.63, 3.8) is 0 Å². The number of amides is 1. The summed E-state index contributed by atoms with van der Waals surface area (Å²) in [6.07, 6.45) is -1.16. The zero-order valence-electron chi connectivity index (χ0n) is 10.9. The molecule has 5 nitrogen and oxygen atoms in total. The summed E-state index contributed by atoms with van der Waals surface area (Å²) in [4.78, 5) is 24.5. The van der Waals surface area contributed by atoms with Gasteiger partial charge in [-0.15, -0.1) is 0 Å². The average Bonchev–Trinajstić information content (AvgIpc) is 2.68. The lowest BCUT2D eigenvalue weighted by Gasteiger charge is -2.22. The first-order valence-electron chi connectivity index (χ1n) is 6.24. The number of carboxylic acids is 1. The number of rotatable bonds is 4. The van der Waals surface area contributed by atoms with Crippen LogP contribution in [-0.2, 0) is 16.1 Å². The van der Waals surface area contributed by atoms with Crippen LogP contribution in [0.15, 0.2) is 30.3 Å². The number of nitrogens with zero attached hydrogens (tertiary/aromatic N) is 1. The molecular weight excluding hydrogens is 246 g/mol. The number of carboxylic acid groups (broad SMARTS) is 1. The first-order chi connectivity index (χ1) is 9.00. The van der Waals surface area contributed by atoms with E-state index in [1.807, 2.05) is 44.2 Å². The summed E-state index contributed by atoms with van der Waals surface area (Å²) in [6.45, 7) is 3.94. The highest BCUT2D eigenvalue weighted by Gasteiger charge is 2.47. The van der Waals surface area contributed by atoms with Crippen LogP contribution in [0, 0.1) is 5.92 Å². The van der Waals surface area contributed by atoms with Crippen LogP contribution < -0.4 is 0 Å². The molecule has 1 amide bonds. The van der Waals surface area contributed by atoms with Crippen LogP contribution in [-0.4, -0.2) is 34.2 Å². The number of ether oxygens (including phenoxy) is 1. The fourth-order valence-electron chi connectivity index (χ4n) is 2.26. The Hall–Kier alpha value is -2.04. The molecular formula is C14H17NO4. The third kappa shape index (κ3) is 2.70. The van der Waals surface area contributed by atoms with E-state index < -0.39 is 24.2 Å². The van der Waals surface area contributed by atoms with E-state index in [9.17, 15) is 14.7 Å². The van der Waals surface area contributed by atoms with Crippen molar-refractivity contribution >= 4 is 12.1 Å². The fourth-order valence-corrected chi connectivity index (χ4v) is 2.26. The summed E-state index contributed by atoms with van der Waals surface area (Å²) >= 11 is 0. The second-order valence-electron chi connectivity index (χ2n) is 4.99. The van der Waals surface area contributed by atoms with Gasteiger partial charge in [0.2, 0.25) is 0 Å². The Morgan fingerprint density at radius 1 is 1.37 bits per heavy atom. The quantitative estimate of drug-likeness (QED) is 0.903. The molecule has 1 fully saturated rings. The van der Waals surface area contributed by atoms with Crippen molar-refractivity contribution in [1.29, 1.82) is 0 Å². The molecule has 1 heterocycles. The minimum Gasteiger partial charge on any atom is -0.480 e. The van der Waals surface area contributed by atoms with Crippen LogP contribution in [0.5, 0.6) is 0 Å². The Kier molecular flexibility index (Phi) is 3.74. The van der Waals surface area contributed by atoms with Crippen molar-refractivity contribution in [2.75, 3.05) is 0 Å². The van der Waals surface area contributed by atoms with Gasteiger partial charge < -0.3 is 9.84 Å². The topological polar surface area (TPSA) is 66.8 Å². The Labute approximate surface area is 111 Å². The van der Waals surface area contributed by atoms with Gasteiger partial charge in [-0.2, -0.15) is 0 Å². The summed E-state index contributed by atoms with van der Waals surface area (Å²) in [7, 11) is 0. The van der Waals surface area contributed by atoms with Gasteiger partial charge in [-0.05, 0) is 11.5 Å².